The molecular formula is C20H25NO3. The molecule has 0 aromatic heterocycles. The van der Waals surface area contributed by atoms with Crippen molar-refractivity contribution in [3.63, 3.8) is 0 Å². The molecule has 0 bridgehead atoms. The maximum absolute atomic E-state index is 10.9. The lowest BCUT2D eigenvalue weighted by molar-refractivity contribution is -0.147. The van der Waals surface area contributed by atoms with Gasteiger partial charge in [-0.05, 0) is 42.5 Å². The Bertz CT molecular complexity index is 671. The van der Waals surface area contributed by atoms with Crippen LogP contribution in [0.5, 0.6) is 5.75 Å². The van der Waals surface area contributed by atoms with Crippen LogP contribution < -0.4 is 4.74 Å². The predicted molar refractivity (Wildman–Crippen MR) is 95.2 cm³/mol. The fourth-order valence-electron chi connectivity index (χ4n) is 3.35. The molecule has 1 aliphatic carbocycles. The Labute approximate surface area is 143 Å². The van der Waals surface area contributed by atoms with Crippen molar-refractivity contribution < 1.29 is 14.6 Å². The van der Waals surface area contributed by atoms with E-state index in [2.05, 4.69) is 30.0 Å². The second-order valence-corrected chi connectivity index (χ2v) is 6.79. The number of carboxylic acids is 1. The van der Waals surface area contributed by atoms with Crippen LogP contribution in [-0.4, -0.2) is 42.2 Å². The molecule has 1 saturated heterocycles. The number of carboxylic acid groups (broad SMARTS) is 1. The van der Waals surface area contributed by atoms with Crippen LogP contribution in [0.25, 0.3) is 6.08 Å². The zero-order chi connectivity index (χ0) is 17.1. The summed E-state index contributed by atoms with van der Waals surface area (Å²) in [5.74, 6) is 0.538. The van der Waals surface area contributed by atoms with Crippen molar-refractivity contribution in [2.45, 2.75) is 20.3 Å². The van der Waals surface area contributed by atoms with E-state index in [1.165, 1.54) is 16.7 Å². The molecule has 1 N–H and O–H groups in total. The minimum Gasteiger partial charge on any atom is -0.490 e. The van der Waals surface area contributed by atoms with Crippen LogP contribution in [0.1, 0.15) is 25.0 Å². The number of aliphatic carboxylic acids is 1. The van der Waals surface area contributed by atoms with E-state index in [0.29, 0.717) is 25.6 Å². The van der Waals surface area contributed by atoms with E-state index in [-0.39, 0.29) is 5.92 Å². The van der Waals surface area contributed by atoms with Gasteiger partial charge in [0.05, 0.1) is 5.92 Å². The highest BCUT2D eigenvalue weighted by Gasteiger charge is 2.33. The Morgan fingerprint density at radius 2 is 2.21 bits per heavy atom. The van der Waals surface area contributed by atoms with Gasteiger partial charge in [0.2, 0.25) is 0 Å². The first-order chi connectivity index (χ1) is 11.6. The molecule has 3 rings (SSSR count). The number of likely N-dealkylation sites (tertiary alicyclic amines) is 1. The average molecular weight is 327 g/mol. The molecule has 1 aliphatic heterocycles. The summed E-state index contributed by atoms with van der Waals surface area (Å²) >= 11 is 0. The molecule has 1 fully saturated rings. The summed E-state index contributed by atoms with van der Waals surface area (Å²) in [4.78, 5) is 13.1. The Morgan fingerprint density at radius 1 is 1.42 bits per heavy atom. The number of carbonyl (C=O) groups is 1. The van der Waals surface area contributed by atoms with Gasteiger partial charge in [-0.15, -0.1) is 0 Å². The third-order valence-electron chi connectivity index (χ3n) is 4.91. The summed E-state index contributed by atoms with van der Waals surface area (Å²) in [6.07, 6.45) is 7.27. The second-order valence-electron chi connectivity index (χ2n) is 6.79. The van der Waals surface area contributed by atoms with E-state index in [1.54, 1.807) is 0 Å². The van der Waals surface area contributed by atoms with Crippen LogP contribution in [0.15, 0.2) is 35.9 Å². The maximum Gasteiger partial charge on any atom is 0.309 e. The minimum atomic E-state index is -0.673. The lowest BCUT2D eigenvalue weighted by Gasteiger charge is -2.38. The largest absolute Gasteiger partial charge is 0.490 e. The Kier molecular flexibility index (Phi) is 5.05. The third-order valence-corrected chi connectivity index (χ3v) is 4.91. The molecular weight excluding hydrogens is 302 g/mol. The highest BCUT2D eigenvalue weighted by atomic mass is 16.5. The fourth-order valence-corrected chi connectivity index (χ4v) is 3.35. The second kappa shape index (κ2) is 7.22. The van der Waals surface area contributed by atoms with Gasteiger partial charge in [0.25, 0.3) is 0 Å². The van der Waals surface area contributed by atoms with E-state index < -0.39 is 5.97 Å². The van der Waals surface area contributed by atoms with E-state index in [9.17, 15) is 4.79 Å². The summed E-state index contributed by atoms with van der Waals surface area (Å²) in [6, 6.07) is 6.30. The lowest BCUT2D eigenvalue weighted by atomic mass is 9.83. The van der Waals surface area contributed by atoms with E-state index in [0.717, 1.165) is 18.7 Å². The van der Waals surface area contributed by atoms with Crippen LogP contribution in [0, 0.1) is 11.8 Å². The van der Waals surface area contributed by atoms with Crippen LogP contribution >= 0.6 is 0 Å². The summed E-state index contributed by atoms with van der Waals surface area (Å²) in [7, 11) is 0. The van der Waals surface area contributed by atoms with Crippen molar-refractivity contribution >= 4 is 12.0 Å². The zero-order valence-electron chi connectivity index (χ0n) is 14.4. The Morgan fingerprint density at radius 3 is 2.92 bits per heavy atom. The van der Waals surface area contributed by atoms with Gasteiger partial charge < -0.3 is 9.84 Å². The molecule has 1 heterocycles. The van der Waals surface area contributed by atoms with E-state index in [4.69, 9.17) is 9.84 Å². The highest BCUT2D eigenvalue weighted by Crippen LogP contribution is 2.32. The van der Waals surface area contributed by atoms with Gasteiger partial charge in [0, 0.05) is 19.6 Å². The van der Waals surface area contributed by atoms with Crippen LogP contribution in [0.4, 0.5) is 0 Å². The number of nitrogens with zero attached hydrogens (tertiary/aromatic N) is 1. The molecule has 4 heteroatoms. The standard InChI is InChI=1S/C20H25NO3/c1-3-4-7-24-19-6-5-15-9-17(14(2)8-16(15)10-19)11-21-12-18(13-21)20(22)23/h3-6,9-10,14,18H,7-8,11-13H2,1-2H3,(H,22,23)/b4-3+/t14-/m1/s1. The number of hydrogen-bond acceptors (Lipinski definition) is 3. The topological polar surface area (TPSA) is 49.8 Å². The van der Waals surface area contributed by atoms with Crippen LogP contribution in [0.2, 0.25) is 0 Å². The number of fused-ring (bicyclic) bond motifs is 1. The minimum absolute atomic E-state index is 0.186. The number of hydrogen-bond donors (Lipinski definition) is 1. The summed E-state index contributed by atoms with van der Waals surface area (Å²) in [6.45, 7) is 7.06. The Balaban J connectivity index is 1.65. The van der Waals surface area contributed by atoms with Crippen LogP contribution in [-0.2, 0) is 11.2 Å². The molecule has 4 nitrogen and oxygen atoms in total. The van der Waals surface area contributed by atoms with Crippen molar-refractivity contribution in [1.29, 1.82) is 0 Å². The lowest BCUT2D eigenvalue weighted by Crippen LogP contribution is -2.51. The molecule has 2 aliphatic rings. The first-order valence-electron chi connectivity index (χ1n) is 8.59. The zero-order valence-corrected chi connectivity index (χ0v) is 14.4. The predicted octanol–water partition coefficient (Wildman–Crippen LogP) is 3.23. The first-order valence-corrected chi connectivity index (χ1v) is 8.59. The normalized spacial score (nSPS) is 21.2. The van der Waals surface area contributed by atoms with Gasteiger partial charge in [-0.3, -0.25) is 9.69 Å². The van der Waals surface area contributed by atoms with Crippen molar-refractivity contribution in [3.8, 4) is 5.75 Å². The molecule has 0 unspecified atom stereocenters. The summed E-state index contributed by atoms with van der Waals surface area (Å²) < 4.78 is 5.73. The molecule has 24 heavy (non-hydrogen) atoms. The number of allylic oxidation sites excluding steroid dienone is 1. The fraction of sp³-hybridized carbons (Fsp3) is 0.450. The van der Waals surface area contributed by atoms with Gasteiger partial charge >= 0.3 is 5.97 Å². The van der Waals surface area contributed by atoms with Gasteiger partial charge in [0.15, 0.2) is 0 Å². The maximum atomic E-state index is 10.9. The molecule has 0 radical (unpaired) electrons. The van der Waals surface area contributed by atoms with Gasteiger partial charge in [-0.25, -0.2) is 0 Å². The van der Waals surface area contributed by atoms with E-state index >= 15 is 0 Å². The first kappa shape index (κ1) is 16.8. The smallest absolute Gasteiger partial charge is 0.309 e. The number of ether oxygens (including phenoxy) is 1. The van der Waals surface area contributed by atoms with Crippen molar-refractivity contribution in [3.05, 3.63) is 47.1 Å². The molecule has 0 saturated carbocycles. The molecule has 0 spiro atoms. The molecule has 1 aromatic carbocycles. The molecule has 128 valence electrons. The monoisotopic (exact) mass is 327 g/mol. The van der Waals surface area contributed by atoms with Gasteiger partial charge in [0.1, 0.15) is 12.4 Å². The number of benzene rings is 1. The van der Waals surface area contributed by atoms with Crippen molar-refractivity contribution in [1.82, 2.24) is 4.90 Å². The third kappa shape index (κ3) is 3.70. The van der Waals surface area contributed by atoms with Gasteiger partial charge in [-0.2, -0.15) is 0 Å². The van der Waals surface area contributed by atoms with E-state index in [1.807, 2.05) is 25.1 Å². The quantitative estimate of drug-likeness (QED) is 0.815. The van der Waals surface area contributed by atoms with Gasteiger partial charge in [-0.1, -0.05) is 36.8 Å². The molecule has 1 atom stereocenters. The van der Waals surface area contributed by atoms with Crippen LogP contribution in [0.3, 0.4) is 0 Å². The average Bonchev–Trinajstić information content (AvgIpc) is 2.50. The van der Waals surface area contributed by atoms with Crippen molar-refractivity contribution in [2.75, 3.05) is 26.2 Å². The number of rotatable bonds is 6. The molecule has 1 aromatic rings. The highest BCUT2D eigenvalue weighted by molar-refractivity contribution is 5.71. The summed E-state index contributed by atoms with van der Waals surface area (Å²) in [5.41, 5.74) is 3.99. The van der Waals surface area contributed by atoms with Crippen molar-refractivity contribution in [2.24, 2.45) is 11.8 Å². The Hall–Kier alpha value is -2.07. The SMILES string of the molecule is C/C=C/COc1ccc2c(c1)C[C@@H](C)C(CN1CC(C(=O)O)C1)=C2. The molecule has 0 amide bonds. The summed E-state index contributed by atoms with van der Waals surface area (Å²) in [5, 5.41) is 8.99.